The molecule has 1 aliphatic heterocycles. The van der Waals surface area contributed by atoms with E-state index in [9.17, 15) is 29.1 Å². The van der Waals surface area contributed by atoms with Crippen molar-refractivity contribution < 1.29 is 48.0 Å². The van der Waals surface area contributed by atoms with Crippen LogP contribution in [0, 0.1) is 0 Å². The van der Waals surface area contributed by atoms with E-state index in [1.807, 2.05) is 6.07 Å². The number of rotatable bonds is 22. The summed E-state index contributed by atoms with van der Waals surface area (Å²) < 4.78 is 24.1. The first-order valence-electron chi connectivity index (χ1n) is 22.9. The zero-order valence-corrected chi connectivity index (χ0v) is 38.9. The maximum absolute atomic E-state index is 14.5. The Morgan fingerprint density at radius 2 is 1.57 bits per heavy atom. The van der Waals surface area contributed by atoms with Gasteiger partial charge in [0.2, 0.25) is 11.8 Å². The minimum Gasteiger partial charge on any atom is -0.496 e. The largest absolute Gasteiger partial charge is 0.496 e. The quantitative estimate of drug-likeness (QED) is 0.0570. The van der Waals surface area contributed by atoms with Crippen LogP contribution in [0.4, 0.5) is 0 Å². The monoisotopic (exact) mass is 917 g/mol. The van der Waals surface area contributed by atoms with Crippen LogP contribution in [0.1, 0.15) is 95.2 Å². The minimum absolute atomic E-state index is 0.0476. The normalized spacial score (nSPS) is 17.0. The van der Waals surface area contributed by atoms with Gasteiger partial charge in [0, 0.05) is 62.8 Å². The van der Waals surface area contributed by atoms with Gasteiger partial charge in [0.15, 0.2) is 0 Å². The van der Waals surface area contributed by atoms with Crippen LogP contribution < -0.4 is 30.0 Å². The fraction of sp³-hybridized carbons (Fsp3) is 0.404. The van der Waals surface area contributed by atoms with Gasteiger partial charge in [0.05, 0.1) is 45.0 Å². The van der Waals surface area contributed by atoms with Gasteiger partial charge in [-0.2, -0.15) is 0 Å². The zero-order chi connectivity index (χ0) is 47.9. The summed E-state index contributed by atoms with van der Waals surface area (Å²) in [6.07, 6.45) is 9.04. The van der Waals surface area contributed by atoms with Crippen molar-refractivity contribution in [2.75, 3.05) is 47.6 Å². The van der Waals surface area contributed by atoms with Gasteiger partial charge < -0.3 is 49.8 Å². The highest BCUT2D eigenvalue weighted by Crippen LogP contribution is 2.37. The fourth-order valence-corrected chi connectivity index (χ4v) is 8.50. The molecule has 4 N–H and O–H groups in total. The van der Waals surface area contributed by atoms with Crippen LogP contribution in [0.15, 0.2) is 103 Å². The zero-order valence-electron chi connectivity index (χ0n) is 38.9. The summed E-state index contributed by atoms with van der Waals surface area (Å²) in [6, 6.07) is 25.3. The summed E-state index contributed by atoms with van der Waals surface area (Å²) in [5.74, 6) is 0.102. The Kier molecular flexibility index (Phi) is 17.8. The Balaban J connectivity index is 1.13. The molecule has 0 radical (unpaired) electrons. The average molecular weight is 918 g/mol. The number of ether oxygens (including phenoxy) is 4. The van der Waals surface area contributed by atoms with E-state index in [0.29, 0.717) is 59.4 Å². The van der Waals surface area contributed by atoms with E-state index in [1.54, 1.807) is 64.4 Å². The Hall–Kier alpha value is -6.87. The summed E-state index contributed by atoms with van der Waals surface area (Å²) in [6.45, 7) is 2.59. The van der Waals surface area contributed by atoms with E-state index in [1.165, 1.54) is 39.8 Å². The van der Waals surface area contributed by atoms with E-state index < -0.39 is 30.0 Å². The van der Waals surface area contributed by atoms with Gasteiger partial charge in [-0.3, -0.25) is 19.2 Å². The Morgan fingerprint density at radius 3 is 2.22 bits per heavy atom. The van der Waals surface area contributed by atoms with E-state index in [2.05, 4.69) is 41.7 Å². The van der Waals surface area contributed by atoms with Gasteiger partial charge in [0.1, 0.15) is 35.6 Å². The second-order valence-electron chi connectivity index (χ2n) is 17.0. The lowest BCUT2D eigenvalue weighted by Crippen LogP contribution is -2.43. The molecule has 1 aliphatic carbocycles. The molecule has 4 atom stereocenters. The number of amides is 4. The SMILES string of the molecule is COc1cc(OCCCC(=O)NCc2ccc(C3CC=CCC3)cc2)cc(OC)c1CN(C(=O)c1ccccc1)C1CC(COc2cccc(C(=O)N(C)C(C)C(=O)O)c2)N(C(=O)CCN)C1. The number of nitrogens with one attached hydrogen (secondary N) is 1. The molecule has 356 valence electrons. The molecular formula is C52H63N5O10. The summed E-state index contributed by atoms with van der Waals surface area (Å²) in [5, 5.41) is 12.4. The lowest BCUT2D eigenvalue weighted by molar-refractivity contribution is -0.141. The molecule has 15 nitrogen and oxygen atoms in total. The molecule has 0 saturated carbocycles. The number of methoxy groups -OCH3 is 2. The molecule has 0 bridgehead atoms. The van der Waals surface area contributed by atoms with Gasteiger partial charge in [-0.15, -0.1) is 0 Å². The first-order valence-corrected chi connectivity index (χ1v) is 22.9. The number of aliphatic carboxylic acids is 1. The van der Waals surface area contributed by atoms with Crippen LogP contribution in [0.3, 0.4) is 0 Å². The number of carboxylic acids is 1. The Labute approximate surface area is 392 Å². The first-order chi connectivity index (χ1) is 32.4. The topological polar surface area (TPSA) is 190 Å². The van der Waals surface area contributed by atoms with Crippen LogP contribution >= 0.6 is 0 Å². The van der Waals surface area contributed by atoms with Gasteiger partial charge in [-0.1, -0.05) is 60.7 Å². The molecule has 4 unspecified atom stereocenters. The van der Waals surface area contributed by atoms with Crippen LogP contribution in [0.25, 0.3) is 0 Å². The molecule has 0 spiro atoms. The highest BCUT2D eigenvalue weighted by Gasteiger charge is 2.41. The second kappa shape index (κ2) is 24.1. The number of nitrogens with two attached hydrogens (primary N) is 1. The van der Waals surface area contributed by atoms with Crippen molar-refractivity contribution in [1.29, 1.82) is 0 Å². The lowest BCUT2D eigenvalue weighted by atomic mass is 9.87. The van der Waals surface area contributed by atoms with Gasteiger partial charge in [0.25, 0.3) is 11.8 Å². The van der Waals surface area contributed by atoms with E-state index in [0.717, 1.165) is 29.7 Å². The number of nitrogens with zero attached hydrogens (tertiary/aromatic N) is 3. The average Bonchev–Trinajstić information content (AvgIpc) is 3.79. The highest BCUT2D eigenvalue weighted by molar-refractivity contribution is 5.97. The van der Waals surface area contributed by atoms with Crippen LogP contribution in [0.2, 0.25) is 0 Å². The van der Waals surface area contributed by atoms with Crippen LogP contribution in [-0.4, -0.2) is 115 Å². The smallest absolute Gasteiger partial charge is 0.326 e. The van der Waals surface area contributed by atoms with E-state index in [4.69, 9.17) is 24.7 Å². The second-order valence-corrected chi connectivity index (χ2v) is 17.0. The number of carboxylic acid groups (broad SMARTS) is 1. The van der Waals surface area contributed by atoms with Crippen molar-refractivity contribution in [2.45, 2.75) is 89.0 Å². The number of likely N-dealkylation sites (N-methyl/N-ethyl adjacent to an activating group) is 1. The number of benzene rings is 4. The van der Waals surface area contributed by atoms with E-state index in [-0.39, 0.29) is 69.0 Å². The van der Waals surface area contributed by atoms with Crippen LogP contribution in [-0.2, 0) is 27.5 Å². The molecule has 6 rings (SSSR count). The molecule has 1 saturated heterocycles. The van der Waals surface area contributed by atoms with E-state index >= 15 is 0 Å². The summed E-state index contributed by atoms with van der Waals surface area (Å²) >= 11 is 0. The number of likely N-dealkylation sites (tertiary alicyclic amines) is 1. The summed E-state index contributed by atoms with van der Waals surface area (Å²) in [5.41, 5.74) is 9.53. The van der Waals surface area contributed by atoms with Crippen molar-refractivity contribution in [3.05, 3.63) is 131 Å². The number of allylic oxidation sites excluding steroid dienone is 2. The standard InChI is InChI=1S/C52H63N5O10/c1-35(52(62)63)55(2)50(60)40-17-11-18-43(27-40)67-34-42-28-41(32-56(42)49(59)24-25-53)57(51(61)39-15-9-6-10-16-39)33-45-46(64-3)29-44(30-47(45)65-4)66-26-12-19-48(58)54-31-36-20-22-38(23-21-36)37-13-7-5-8-14-37/h5-7,9-11,15-18,20-23,27,29-30,35,37,41-42H,8,12-14,19,24-26,28,31-34,53H2,1-4H3,(H,54,58)(H,62,63). The molecule has 2 aliphatic rings. The predicted octanol–water partition coefficient (Wildman–Crippen LogP) is 6.59. The summed E-state index contributed by atoms with van der Waals surface area (Å²) in [4.78, 5) is 70.1. The minimum atomic E-state index is -1.13. The summed E-state index contributed by atoms with van der Waals surface area (Å²) in [7, 11) is 4.48. The lowest BCUT2D eigenvalue weighted by Gasteiger charge is -2.30. The Morgan fingerprint density at radius 1 is 0.851 bits per heavy atom. The van der Waals surface area contributed by atoms with Crippen molar-refractivity contribution in [1.82, 2.24) is 20.0 Å². The van der Waals surface area contributed by atoms with Crippen molar-refractivity contribution >= 4 is 29.6 Å². The maximum Gasteiger partial charge on any atom is 0.326 e. The first kappa shape index (κ1) is 49.6. The van der Waals surface area contributed by atoms with Crippen molar-refractivity contribution in [2.24, 2.45) is 5.73 Å². The van der Waals surface area contributed by atoms with Gasteiger partial charge >= 0.3 is 5.97 Å². The molecular weight excluding hydrogens is 855 g/mol. The van der Waals surface area contributed by atoms with Crippen LogP contribution in [0.5, 0.6) is 23.0 Å². The maximum atomic E-state index is 14.5. The molecule has 1 fully saturated rings. The fourth-order valence-electron chi connectivity index (χ4n) is 8.50. The third kappa shape index (κ3) is 13.2. The number of carbonyl (C=O) groups excluding carboxylic acids is 4. The Bertz CT molecular complexity index is 2330. The predicted molar refractivity (Wildman–Crippen MR) is 253 cm³/mol. The molecule has 67 heavy (non-hydrogen) atoms. The molecule has 4 aromatic rings. The van der Waals surface area contributed by atoms with Crippen molar-refractivity contribution in [3.63, 3.8) is 0 Å². The van der Waals surface area contributed by atoms with Crippen molar-refractivity contribution in [3.8, 4) is 23.0 Å². The third-order valence-electron chi connectivity index (χ3n) is 12.5. The molecule has 1 heterocycles. The molecule has 4 amide bonds. The van der Waals surface area contributed by atoms with Gasteiger partial charge in [-0.25, -0.2) is 4.79 Å². The highest BCUT2D eigenvalue weighted by atomic mass is 16.5. The molecule has 4 aromatic carbocycles. The molecule has 0 aromatic heterocycles. The molecule has 15 heteroatoms. The van der Waals surface area contributed by atoms with Gasteiger partial charge in [-0.05, 0) is 86.4 Å². The number of hydrogen-bond acceptors (Lipinski definition) is 10. The number of carbonyl (C=O) groups is 5. The third-order valence-corrected chi connectivity index (χ3v) is 12.5. The number of hydrogen-bond donors (Lipinski definition) is 3.